The molecule has 6 nitrogen and oxygen atoms in total. The van der Waals surface area contributed by atoms with Crippen molar-refractivity contribution in [2.24, 2.45) is 5.41 Å². The third kappa shape index (κ3) is 8.21. The minimum absolute atomic E-state index is 0. The van der Waals surface area contributed by atoms with Crippen LogP contribution in [0.3, 0.4) is 0 Å². The number of aliphatic hydroxyl groups excluding tert-OH is 1. The summed E-state index contributed by atoms with van der Waals surface area (Å²) < 4.78 is 47.3. The molecule has 0 unspecified atom stereocenters. The van der Waals surface area contributed by atoms with Gasteiger partial charge in [-0.1, -0.05) is 38.1 Å². The molecule has 0 fully saturated rings. The molecular formula is C17H16FeO6S. The molecule has 2 rings (SSSR count). The average molecular weight is 404 g/mol. The molecule has 134 valence electrons. The van der Waals surface area contributed by atoms with Crippen molar-refractivity contribution in [2.45, 2.75) is 25.2 Å². The summed E-state index contributed by atoms with van der Waals surface area (Å²) in [7, 11) is -3.64. The molecule has 0 saturated carbocycles. The van der Waals surface area contributed by atoms with Crippen molar-refractivity contribution in [1.82, 2.24) is 0 Å². The molecule has 1 aliphatic carbocycles. The Kier molecular flexibility index (Phi) is 15.1. The van der Waals surface area contributed by atoms with E-state index < -0.39 is 9.84 Å². The minimum Gasteiger partial charge on any atom is 0 e. The third-order valence-corrected chi connectivity index (χ3v) is 4.74. The van der Waals surface area contributed by atoms with Crippen molar-refractivity contribution in [3.05, 3.63) is 73.1 Å². The molecule has 0 aliphatic heterocycles. The molecule has 0 saturated heterocycles. The summed E-state index contributed by atoms with van der Waals surface area (Å²) in [6.07, 6.45) is 3.83. The van der Waals surface area contributed by atoms with E-state index in [0.717, 1.165) is 0 Å². The number of aliphatic hydroxyl groups is 1. The molecule has 1 N–H and O–H groups in total. The average Bonchev–Trinajstić information content (AvgIpc) is 2.63. The van der Waals surface area contributed by atoms with Crippen LogP contribution in [0, 0.1) is 25.4 Å². The number of sulfone groups is 1. The molecule has 0 spiro atoms. The predicted molar refractivity (Wildman–Crippen MR) is 82.6 cm³/mol. The van der Waals surface area contributed by atoms with Gasteiger partial charge < -0.3 is 5.11 Å². The fraction of sp³-hybridized carbons (Fsp3) is 0.235. The molecule has 1 aliphatic rings. The van der Waals surface area contributed by atoms with E-state index in [0.29, 0.717) is 6.42 Å². The Morgan fingerprint density at radius 2 is 1.44 bits per heavy atom. The first kappa shape index (κ1) is 28.0. The van der Waals surface area contributed by atoms with E-state index >= 15 is 0 Å². The zero-order valence-electron chi connectivity index (χ0n) is 13.5. The van der Waals surface area contributed by atoms with Crippen LogP contribution in [0.4, 0.5) is 0 Å². The molecule has 0 heterocycles. The first-order chi connectivity index (χ1) is 11.3. The van der Waals surface area contributed by atoms with Crippen molar-refractivity contribution >= 4 is 9.84 Å². The Hall–Kier alpha value is -1.81. The van der Waals surface area contributed by atoms with Crippen LogP contribution in [-0.2, 0) is 40.9 Å². The minimum atomic E-state index is -3.64. The van der Waals surface area contributed by atoms with Gasteiger partial charge in [-0.25, -0.2) is 8.42 Å². The van der Waals surface area contributed by atoms with Gasteiger partial charge in [-0.05, 0) is 30.0 Å². The van der Waals surface area contributed by atoms with Crippen LogP contribution in [-0.4, -0.2) is 13.5 Å². The summed E-state index contributed by atoms with van der Waals surface area (Å²) in [4.78, 5) is 0.207. The molecule has 1 aromatic rings. The first-order valence-corrected chi connectivity index (χ1v) is 7.85. The Morgan fingerprint density at radius 1 is 1.00 bits per heavy atom. The molecule has 0 aromatic heterocycles. The van der Waals surface area contributed by atoms with Crippen LogP contribution in [0.1, 0.15) is 20.3 Å². The van der Waals surface area contributed by atoms with Gasteiger partial charge in [0.25, 0.3) is 0 Å². The van der Waals surface area contributed by atoms with E-state index in [1.165, 1.54) is 12.1 Å². The van der Waals surface area contributed by atoms with Crippen molar-refractivity contribution in [1.29, 1.82) is 0 Å². The largest absolute Gasteiger partial charge is 0 e. The maximum atomic E-state index is 12.4. The maximum Gasteiger partial charge on any atom is 0 e. The molecule has 8 heteroatoms. The number of rotatable bonds is 2. The zero-order chi connectivity index (χ0) is 19.4. The Balaban J connectivity index is -0.000000626. The van der Waals surface area contributed by atoms with Crippen molar-refractivity contribution < 1.29 is 44.5 Å². The van der Waals surface area contributed by atoms with Crippen LogP contribution in [0.25, 0.3) is 0 Å². The van der Waals surface area contributed by atoms with Gasteiger partial charge in [-0.3, -0.25) is 0 Å². The first-order valence-electron chi connectivity index (χ1n) is 6.37. The normalized spacial score (nSPS) is 13.9. The van der Waals surface area contributed by atoms with E-state index in [1.807, 2.05) is 13.8 Å². The molecule has 0 atom stereocenters. The summed E-state index contributed by atoms with van der Waals surface area (Å²) in [6.45, 7) is 17.4. The zero-order valence-corrected chi connectivity index (χ0v) is 15.4. The van der Waals surface area contributed by atoms with E-state index in [1.54, 1.807) is 30.4 Å². The summed E-state index contributed by atoms with van der Waals surface area (Å²) in [6, 6.07) is 8.16. The van der Waals surface area contributed by atoms with Gasteiger partial charge in [0.1, 0.15) is 10.7 Å². The van der Waals surface area contributed by atoms with Crippen LogP contribution in [0.2, 0.25) is 0 Å². The van der Waals surface area contributed by atoms with Gasteiger partial charge in [0.15, 0.2) is 0 Å². The summed E-state index contributed by atoms with van der Waals surface area (Å²) in [5, 5.41) is 9.81. The van der Waals surface area contributed by atoms with E-state index in [4.69, 9.17) is 14.0 Å². The van der Waals surface area contributed by atoms with Crippen molar-refractivity contribution in [3.8, 4) is 0 Å². The van der Waals surface area contributed by atoms with Gasteiger partial charge >= 0.3 is 33.9 Å². The Morgan fingerprint density at radius 3 is 1.88 bits per heavy atom. The number of hydrogen-bond donors (Lipinski definition) is 1. The molecule has 1 aromatic carbocycles. The molecule has 0 amide bonds. The smallest absolute Gasteiger partial charge is 0 e. The number of benzene rings is 1. The molecule has 0 bridgehead atoms. The monoisotopic (exact) mass is 404 g/mol. The fourth-order valence-electron chi connectivity index (χ4n) is 1.89. The van der Waals surface area contributed by atoms with E-state index in [-0.39, 0.29) is 38.0 Å². The second-order valence-corrected chi connectivity index (χ2v) is 7.03. The van der Waals surface area contributed by atoms with Gasteiger partial charge in [-0.15, -0.1) is 0 Å². The van der Waals surface area contributed by atoms with E-state index in [9.17, 15) is 13.5 Å². The van der Waals surface area contributed by atoms with Gasteiger partial charge in [-0.2, -0.15) is 0 Å². The summed E-state index contributed by atoms with van der Waals surface area (Å²) in [5.74, 6) is -0.154. The Labute approximate surface area is 158 Å². The maximum absolute atomic E-state index is 12.4. The van der Waals surface area contributed by atoms with Gasteiger partial charge in [0, 0.05) is 17.1 Å². The van der Waals surface area contributed by atoms with Crippen LogP contribution < -0.4 is 0 Å². The number of allylic oxidation sites excluding steroid dienone is 2. The topological polar surface area (TPSA) is 114 Å². The molecular weight excluding hydrogens is 388 g/mol. The quantitative estimate of drug-likeness (QED) is 0.464. The van der Waals surface area contributed by atoms with Crippen LogP contribution in [0.15, 0.2) is 58.0 Å². The predicted octanol–water partition coefficient (Wildman–Crippen LogP) is 3.10. The van der Waals surface area contributed by atoms with Gasteiger partial charge in [0.05, 0.1) is 4.90 Å². The number of hydrogen-bond acceptors (Lipinski definition) is 3. The van der Waals surface area contributed by atoms with Crippen molar-refractivity contribution in [3.63, 3.8) is 0 Å². The van der Waals surface area contributed by atoms with Crippen LogP contribution in [0.5, 0.6) is 0 Å². The SMILES string of the molecule is CC1(C)C=C(S(=O)(=O)c2ccccc2)C(O)=CC1.[C-]#[O+].[C-]#[O+].[C-]#[O+].[Fe]. The third-order valence-electron chi connectivity index (χ3n) is 2.94. The molecule has 0 radical (unpaired) electrons. The second-order valence-electron chi connectivity index (χ2n) is 5.11. The molecule has 25 heavy (non-hydrogen) atoms. The second kappa shape index (κ2) is 13.5. The van der Waals surface area contributed by atoms with Gasteiger partial charge in [0.2, 0.25) is 9.84 Å². The summed E-state index contributed by atoms with van der Waals surface area (Å²) >= 11 is 0. The summed E-state index contributed by atoms with van der Waals surface area (Å²) in [5.41, 5.74) is -0.261. The standard InChI is InChI=1S/C14H16O3S.3CO.Fe/c1-14(2)9-8-12(15)13(10-14)18(16,17)11-6-4-3-5-7-11;3*1-2;/h3-8,10,15H,9H2,1-2H3;;;;. The Bertz CT molecular complexity index is 726. The van der Waals surface area contributed by atoms with E-state index in [2.05, 4.69) is 20.0 Å². The van der Waals surface area contributed by atoms with Crippen LogP contribution >= 0.6 is 0 Å². The van der Waals surface area contributed by atoms with Crippen molar-refractivity contribution in [2.75, 3.05) is 0 Å². The fourth-order valence-corrected chi connectivity index (χ4v) is 3.49.